The Labute approximate surface area is 261 Å². The predicted octanol–water partition coefficient (Wildman–Crippen LogP) is 9.49. The van der Waals surface area contributed by atoms with Crippen LogP contribution in [0.5, 0.6) is 0 Å². The van der Waals surface area contributed by atoms with Gasteiger partial charge in [0.2, 0.25) is 0 Å². The van der Waals surface area contributed by atoms with E-state index in [0.717, 1.165) is 38.5 Å². The van der Waals surface area contributed by atoms with E-state index in [1.807, 2.05) is 74.5 Å². The quantitative estimate of drug-likeness (QED) is 0.125. The van der Waals surface area contributed by atoms with Crippen LogP contribution in [0.1, 0.15) is 118 Å². The van der Waals surface area contributed by atoms with Gasteiger partial charge in [-0.3, -0.25) is 0 Å². The molecule has 2 N–H and O–H groups in total. The van der Waals surface area contributed by atoms with Gasteiger partial charge in [0.1, 0.15) is 0 Å². The summed E-state index contributed by atoms with van der Waals surface area (Å²) >= 11 is 0. The van der Waals surface area contributed by atoms with E-state index in [4.69, 9.17) is 18.1 Å². The van der Waals surface area contributed by atoms with Crippen molar-refractivity contribution in [3.8, 4) is 0 Å². The van der Waals surface area contributed by atoms with Crippen LogP contribution in [0.4, 0.5) is 0 Å². The fraction of sp³-hybridized carbons (Fsp3) is 0.657. The number of hydrogen-bond acceptors (Lipinski definition) is 6. The van der Waals surface area contributed by atoms with Crippen LogP contribution in [0.25, 0.3) is 0 Å². The van der Waals surface area contributed by atoms with E-state index < -0.39 is 26.0 Å². The van der Waals surface area contributed by atoms with Crippen molar-refractivity contribution in [2.45, 2.75) is 124 Å². The summed E-state index contributed by atoms with van der Waals surface area (Å²) < 4.78 is 27.0. The van der Waals surface area contributed by atoms with Crippen molar-refractivity contribution in [1.82, 2.24) is 0 Å². The molecule has 0 atom stereocenters. The fourth-order valence-corrected chi connectivity index (χ4v) is 14.0. The van der Waals surface area contributed by atoms with E-state index in [2.05, 4.69) is 13.8 Å². The topological polar surface area (TPSA) is 77.4 Å². The van der Waals surface area contributed by atoms with Gasteiger partial charge in [0.25, 0.3) is 0 Å². The van der Waals surface area contributed by atoms with Gasteiger partial charge in [-0.15, -0.1) is 0 Å². The molecule has 43 heavy (non-hydrogen) atoms. The van der Waals surface area contributed by atoms with Crippen LogP contribution in [0.2, 0.25) is 0 Å². The van der Waals surface area contributed by atoms with Crippen molar-refractivity contribution in [2.75, 3.05) is 18.9 Å². The maximum atomic E-state index is 12.8. The zero-order valence-corrected chi connectivity index (χ0v) is 29.0. The zero-order valence-electron chi connectivity index (χ0n) is 27.2. The molecule has 4 rings (SSSR count). The summed E-state index contributed by atoms with van der Waals surface area (Å²) in [6, 6.07) is 19.1. The molecular formula is C35H58O6P2. The third-order valence-electron chi connectivity index (χ3n) is 9.29. The summed E-state index contributed by atoms with van der Waals surface area (Å²) in [4.78, 5) is 25.4. The second kappa shape index (κ2) is 14.2. The van der Waals surface area contributed by atoms with Gasteiger partial charge in [-0.25, -0.2) is 0 Å². The van der Waals surface area contributed by atoms with E-state index in [1.165, 1.54) is 51.4 Å². The summed E-state index contributed by atoms with van der Waals surface area (Å²) in [5, 5.41) is 1.31. The molecule has 244 valence electrons. The van der Waals surface area contributed by atoms with Crippen molar-refractivity contribution < 1.29 is 27.9 Å². The Morgan fingerprint density at radius 1 is 0.558 bits per heavy atom. The Morgan fingerprint density at radius 3 is 1.40 bits per heavy atom. The van der Waals surface area contributed by atoms with Gasteiger partial charge >= 0.3 is 262 Å². The first-order chi connectivity index (χ1) is 20.5. The number of unbranched alkanes of at least 4 members (excludes halogenated alkanes) is 12. The zero-order chi connectivity index (χ0) is 31.0. The molecule has 2 aromatic rings. The molecule has 8 heteroatoms. The second-order valence-corrected chi connectivity index (χ2v) is 20.6. The molecule has 2 aliphatic rings. The Morgan fingerprint density at radius 2 is 0.930 bits per heavy atom. The predicted molar refractivity (Wildman–Crippen MR) is 182 cm³/mol. The van der Waals surface area contributed by atoms with Gasteiger partial charge < -0.3 is 0 Å². The summed E-state index contributed by atoms with van der Waals surface area (Å²) in [6.07, 6.45) is 16.4. The van der Waals surface area contributed by atoms with Gasteiger partial charge in [-0.2, -0.15) is 0 Å². The molecule has 0 amide bonds. The van der Waals surface area contributed by atoms with Crippen molar-refractivity contribution in [2.24, 2.45) is 5.41 Å². The van der Waals surface area contributed by atoms with Crippen molar-refractivity contribution in [3.63, 3.8) is 0 Å². The molecule has 2 aliphatic heterocycles. The normalized spacial score (nSPS) is 26.4. The van der Waals surface area contributed by atoms with Gasteiger partial charge in [-0.1, -0.05) is 0 Å². The minimum atomic E-state index is -4.43. The van der Waals surface area contributed by atoms with E-state index in [0.29, 0.717) is 22.9 Å². The van der Waals surface area contributed by atoms with Crippen molar-refractivity contribution >= 4 is 25.2 Å². The molecule has 0 aliphatic carbocycles. The average molecular weight is 637 g/mol. The Kier molecular flexibility index (Phi) is 11.6. The van der Waals surface area contributed by atoms with Crippen LogP contribution in [-0.4, -0.2) is 34.7 Å². The molecule has 2 aromatic carbocycles. The fourth-order valence-electron chi connectivity index (χ4n) is 6.40. The summed E-state index contributed by atoms with van der Waals surface area (Å²) in [5.41, 5.74) is -0.773. The molecule has 2 heterocycles. The van der Waals surface area contributed by atoms with Crippen molar-refractivity contribution in [3.05, 3.63) is 60.7 Å². The number of benzene rings is 2. The Hall–Kier alpha value is -0.940. The van der Waals surface area contributed by atoms with Crippen LogP contribution < -0.4 is 10.6 Å². The van der Waals surface area contributed by atoms with Crippen LogP contribution in [0.3, 0.4) is 0 Å². The molecule has 0 radical (unpaired) electrons. The summed E-state index contributed by atoms with van der Waals surface area (Å²) in [7, 11) is -8.71. The van der Waals surface area contributed by atoms with Gasteiger partial charge in [-0.05, 0) is 0 Å². The van der Waals surface area contributed by atoms with Gasteiger partial charge in [0.05, 0.1) is 0 Å². The molecule has 2 fully saturated rings. The summed E-state index contributed by atoms with van der Waals surface area (Å²) in [6.45, 7) is 8.57. The van der Waals surface area contributed by atoms with Crippen LogP contribution in [-0.2, 0) is 18.1 Å². The van der Waals surface area contributed by atoms with Crippen LogP contribution >= 0.6 is 14.6 Å². The Balaban J connectivity index is 1.59. The molecule has 1 spiro atoms. The van der Waals surface area contributed by atoms with Gasteiger partial charge in [0, 0.05) is 0 Å². The minimum absolute atomic E-state index is 0.186. The van der Waals surface area contributed by atoms with Gasteiger partial charge in [0.15, 0.2) is 0 Å². The third-order valence-corrected chi connectivity index (χ3v) is 16.6. The third kappa shape index (κ3) is 7.55. The number of rotatable bonds is 18. The van der Waals surface area contributed by atoms with E-state index in [9.17, 15) is 9.79 Å². The maximum absolute atomic E-state index is 12.8. The molecule has 6 nitrogen and oxygen atoms in total. The molecule has 2 saturated heterocycles. The van der Waals surface area contributed by atoms with E-state index in [1.54, 1.807) is 0 Å². The average Bonchev–Trinajstić information content (AvgIpc) is 2.99. The monoisotopic (exact) mass is 636 g/mol. The SMILES string of the molecule is CCCCCCCCCP1(O)(c2ccccc2)OCC(C)(C)C2(O1)OP(O)(CCCCCCCCC)(c1ccccc1)O2. The van der Waals surface area contributed by atoms with E-state index >= 15 is 0 Å². The van der Waals surface area contributed by atoms with E-state index in [-0.39, 0.29) is 6.61 Å². The summed E-state index contributed by atoms with van der Waals surface area (Å²) in [5.74, 6) is -1.63. The second-order valence-electron chi connectivity index (χ2n) is 13.5. The molecule has 0 saturated carbocycles. The molecule has 0 aromatic heterocycles. The molecule has 0 bridgehead atoms. The molecular weight excluding hydrogens is 578 g/mol. The first-order valence-corrected chi connectivity index (χ1v) is 21.4. The first-order valence-electron chi connectivity index (χ1n) is 17.0. The van der Waals surface area contributed by atoms with Crippen LogP contribution in [0, 0.1) is 5.41 Å². The van der Waals surface area contributed by atoms with Crippen molar-refractivity contribution in [1.29, 1.82) is 0 Å². The Bertz CT molecular complexity index is 1140. The van der Waals surface area contributed by atoms with Crippen LogP contribution in [0.15, 0.2) is 60.7 Å². The molecule has 0 unspecified atom stereocenters. The number of hydrogen-bond donors (Lipinski definition) is 2. The first kappa shape index (κ1) is 34.9. The standard InChI is InChI=1S/C35H58O6P2/c1-5-7-9-11-13-15-23-29-42(36,32-25-19-17-20-26-32)38-31-34(3,4)35(39-42)40-43(37,41-35,33-27-21-18-22-28-33)30-24-16-14-12-10-8-6-2/h17-22,25-28,36-37H,5-16,23-24,29-31H2,1-4H3.